The molecule has 0 aromatic heterocycles. The summed E-state index contributed by atoms with van der Waals surface area (Å²) in [5.41, 5.74) is -0.961. The minimum Gasteiger partial charge on any atom is -0.785 e. The van der Waals surface area contributed by atoms with E-state index in [0.717, 1.165) is 24.3 Å². The lowest BCUT2D eigenvalue weighted by atomic mass is 9.71. The Labute approximate surface area is 161 Å². The quantitative estimate of drug-likeness (QED) is 0.292. The molecule has 1 fully saturated rings. The molecule has 26 heavy (non-hydrogen) atoms. The van der Waals surface area contributed by atoms with Crippen LogP contribution in [-0.2, 0) is 9.53 Å². The van der Waals surface area contributed by atoms with E-state index in [2.05, 4.69) is 6.92 Å². The summed E-state index contributed by atoms with van der Waals surface area (Å²) in [6.45, 7) is 10.9. The van der Waals surface area contributed by atoms with Crippen LogP contribution in [0.3, 0.4) is 0 Å². The zero-order valence-corrected chi connectivity index (χ0v) is 17.9. The maximum Gasteiger partial charge on any atom is 0.311 e. The van der Waals surface area contributed by atoms with Crippen LogP contribution in [0.2, 0.25) is 0 Å². The summed E-state index contributed by atoms with van der Waals surface area (Å²) in [6, 6.07) is 0. The first-order valence-electron chi connectivity index (χ1n) is 10.9. The Bertz CT molecular complexity index is 410. The summed E-state index contributed by atoms with van der Waals surface area (Å²) in [6.07, 6.45) is 13.5. The molecular weight excluding hydrogens is 326 g/mol. The van der Waals surface area contributed by atoms with Crippen LogP contribution in [0, 0.1) is 16.5 Å². The number of hydrogen-bond acceptors (Lipinski definition) is 4. The van der Waals surface area contributed by atoms with Crippen molar-refractivity contribution in [2.45, 2.75) is 111 Å². The van der Waals surface area contributed by atoms with Crippen molar-refractivity contribution >= 4 is 5.97 Å². The van der Waals surface area contributed by atoms with Gasteiger partial charge in [0.05, 0.1) is 12.5 Å². The smallest absolute Gasteiger partial charge is 0.311 e. The molecule has 0 radical (unpaired) electrons. The van der Waals surface area contributed by atoms with E-state index < -0.39 is 5.54 Å². The number of nitrogens with zero attached hydrogens (tertiary/aromatic N) is 1. The van der Waals surface area contributed by atoms with E-state index in [4.69, 9.17) is 4.74 Å². The molecule has 0 aromatic carbocycles. The standard InChI is InChI=1S/C22H42NO3/c1-6-8-9-10-11-12-13-14-15-16-17-22(5)19(20(24)26-7-2)21(3,4)18-23(22)25/h19H,6-18H2,1-5H3/q-1. The Morgan fingerprint density at radius 2 is 1.46 bits per heavy atom. The molecule has 4 nitrogen and oxygen atoms in total. The molecule has 154 valence electrons. The van der Waals surface area contributed by atoms with Gasteiger partial charge in [-0.25, -0.2) is 0 Å². The van der Waals surface area contributed by atoms with Gasteiger partial charge >= 0.3 is 5.97 Å². The minimum atomic E-state index is -0.629. The number of carbonyl (C=O) groups excluding carboxylic acids is 1. The average molecular weight is 369 g/mol. The second-order valence-corrected chi connectivity index (χ2v) is 9.00. The van der Waals surface area contributed by atoms with E-state index in [1.165, 1.54) is 51.4 Å². The molecule has 1 aliphatic heterocycles. The first-order chi connectivity index (χ1) is 12.3. The molecule has 4 heteroatoms. The monoisotopic (exact) mass is 368 g/mol. The van der Waals surface area contributed by atoms with Crippen molar-refractivity contribution in [2.75, 3.05) is 13.2 Å². The molecule has 1 rings (SSSR count). The van der Waals surface area contributed by atoms with Gasteiger partial charge in [-0.2, -0.15) is 0 Å². The van der Waals surface area contributed by atoms with E-state index in [9.17, 15) is 10.0 Å². The lowest BCUT2D eigenvalue weighted by Gasteiger charge is -2.43. The van der Waals surface area contributed by atoms with Gasteiger partial charge in [0.1, 0.15) is 0 Å². The predicted molar refractivity (Wildman–Crippen MR) is 109 cm³/mol. The van der Waals surface area contributed by atoms with Crippen molar-refractivity contribution in [3.8, 4) is 0 Å². The third kappa shape index (κ3) is 6.53. The molecule has 0 N–H and O–H groups in total. The number of carbonyl (C=O) groups is 1. The van der Waals surface area contributed by atoms with Crippen molar-refractivity contribution in [1.29, 1.82) is 0 Å². The van der Waals surface area contributed by atoms with Crippen molar-refractivity contribution < 1.29 is 9.53 Å². The van der Waals surface area contributed by atoms with Crippen LogP contribution >= 0.6 is 0 Å². The molecule has 0 bridgehead atoms. The maximum absolute atomic E-state index is 12.6. The lowest BCUT2D eigenvalue weighted by Crippen LogP contribution is -2.47. The SMILES string of the molecule is CCCCCCCCCCCCC1(C)C(C(=O)OCC)C(C)(C)CN1[O-]. The van der Waals surface area contributed by atoms with Crippen LogP contribution in [-0.4, -0.2) is 29.7 Å². The summed E-state index contributed by atoms with van der Waals surface area (Å²) >= 11 is 0. The third-order valence-electron chi connectivity index (χ3n) is 6.08. The van der Waals surface area contributed by atoms with Crippen LogP contribution in [0.15, 0.2) is 0 Å². The number of esters is 1. The van der Waals surface area contributed by atoms with Crippen LogP contribution in [0.25, 0.3) is 0 Å². The maximum atomic E-state index is 12.6. The van der Waals surface area contributed by atoms with Crippen molar-refractivity contribution in [3.63, 3.8) is 0 Å². The highest BCUT2D eigenvalue weighted by Crippen LogP contribution is 2.49. The van der Waals surface area contributed by atoms with E-state index in [0.29, 0.717) is 13.2 Å². The van der Waals surface area contributed by atoms with Crippen LogP contribution in [0.4, 0.5) is 0 Å². The number of ether oxygens (including phenoxy) is 1. The second kappa shape index (κ2) is 11.3. The molecule has 0 spiro atoms. The molecule has 0 aromatic rings. The lowest BCUT2D eigenvalue weighted by molar-refractivity contribution is -0.154. The molecule has 1 heterocycles. The van der Waals surface area contributed by atoms with E-state index >= 15 is 0 Å². The largest absolute Gasteiger partial charge is 0.785 e. The molecule has 1 aliphatic rings. The van der Waals surface area contributed by atoms with Crippen molar-refractivity contribution in [3.05, 3.63) is 5.21 Å². The number of unbranched alkanes of at least 4 members (excludes halogenated alkanes) is 9. The van der Waals surface area contributed by atoms with Crippen LogP contribution in [0.5, 0.6) is 0 Å². The minimum absolute atomic E-state index is 0.203. The Kier molecular flexibility index (Phi) is 10.2. The van der Waals surface area contributed by atoms with Gasteiger partial charge in [0.25, 0.3) is 0 Å². The van der Waals surface area contributed by atoms with Crippen molar-refractivity contribution in [1.82, 2.24) is 5.06 Å². The summed E-state index contributed by atoms with van der Waals surface area (Å²) in [7, 11) is 0. The fourth-order valence-electron chi connectivity index (χ4n) is 4.67. The topological polar surface area (TPSA) is 52.6 Å². The highest BCUT2D eigenvalue weighted by Gasteiger charge is 2.55. The van der Waals surface area contributed by atoms with E-state index in [1.807, 2.05) is 27.7 Å². The number of hydroxylamine groups is 2. The molecule has 0 saturated carbocycles. The average Bonchev–Trinajstić information content (AvgIpc) is 2.74. The summed E-state index contributed by atoms with van der Waals surface area (Å²) in [5, 5.41) is 13.8. The Balaban J connectivity index is 2.37. The molecular formula is C22H42NO3-. The van der Waals surface area contributed by atoms with E-state index in [1.54, 1.807) is 0 Å². The summed E-state index contributed by atoms with van der Waals surface area (Å²) < 4.78 is 5.30. The van der Waals surface area contributed by atoms with Gasteiger partial charge in [-0.05, 0) is 32.2 Å². The van der Waals surface area contributed by atoms with Gasteiger partial charge in [-0.3, -0.25) is 4.79 Å². The van der Waals surface area contributed by atoms with Crippen LogP contribution in [0.1, 0.15) is 105 Å². The van der Waals surface area contributed by atoms with Gasteiger partial charge in [0.15, 0.2) is 0 Å². The van der Waals surface area contributed by atoms with Gasteiger partial charge in [-0.1, -0.05) is 85.0 Å². The zero-order chi connectivity index (χ0) is 19.6. The summed E-state index contributed by atoms with van der Waals surface area (Å²) in [5.74, 6) is -0.545. The predicted octanol–water partition coefficient (Wildman–Crippen LogP) is 6.08. The Morgan fingerprint density at radius 3 is 1.96 bits per heavy atom. The molecule has 1 saturated heterocycles. The van der Waals surface area contributed by atoms with Gasteiger partial charge < -0.3 is 15.0 Å². The Hall–Kier alpha value is -0.610. The number of hydrogen-bond donors (Lipinski definition) is 0. The molecule has 2 atom stereocenters. The number of rotatable bonds is 13. The van der Waals surface area contributed by atoms with Crippen molar-refractivity contribution in [2.24, 2.45) is 11.3 Å². The molecule has 2 unspecified atom stereocenters. The first kappa shape index (κ1) is 23.4. The fraction of sp³-hybridized carbons (Fsp3) is 0.955. The van der Waals surface area contributed by atoms with Gasteiger partial charge in [0.2, 0.25) is 0 Å². The van der Waals surface area contributed by atoms with Gasteiger partial charge in [-0.15, -0.1) is 0 Å². The highest BCUT2D eigenvalue weighted by atomic mass is 16.5. The van der Waals surface area contributed by atoms with E-state index in [-0.39, 0.29) is 17.3 Å². The molecule has 0 aliphatic carbocycles. The Morgan fingerprint density at radius 1 is 0.962 bits per heavy atom. The summed E-state index contributed by atoms with van der Waals surface area (Å²) in [4.78, 5) is 12.5. The normalized spacial score (nSPS) is 25.5. The van der Waals surface area contributed by atoms with Gasteiger partial charge in [0, 0.05) is 5.54 Å². The fourth-order valence-corrected chi connectivity index (χ4v) is 4.67. The zero-order valence-electron chi connectivity index (χ0n) is 17.9. The first-order valence-corrected chi connectivity index (χ1v) is 10.9. The molecule has 0 amide bonds. The van der Waals surface area contributed by atoms with Crippen LogP contribution < -0.4 is 0 Å². The highest BCUT2D eigenvalue weighted by molar-refractivity contribution is 5.75. The second-order valence-electron chi connectivity index (χ2n) is 9.00. The third-order valence-corrected chi connectivity index (χ3v) is 6.08.